The highest BCUT2D eigenvalue weighted by atomic mass is 35.5. The maximum absolute atomic E-state index is 12.2. The normalized spacial score (nSPS) is 10.7. The third-order valence-electron chi connectivity index (χ3n) is 3.00. The molecule has 1 rings (SSSR count). The summed E-state index contributed by atoms with van der Waals surface area (Å²) < 4.78 is 0. The van der Waals surface area contributed by atoms with Crippen LogP contribution in [0, 0.1) is 0 Å². The Labute approximate surface area is 126 Å². The number of carbonyl (C=O) groups excluding carboxylic acids is 1. The van der Waals surface area contributed by atoms with Crippen LogP contribution in [-0.4, -0.2) is 42.4 Å². The molecule has 4 heteroatoms. The van der Waals surface area contributed by atoms with Gasteiger partial charge >= 0.3 is 0 Å². The molecule has 0 unspecified atom stereocenters. The van der Waals surface area contributed by atoms with E-state index in [2.05, 4.69) is 6.58 Å². The summed E-state index contributed by atoms with van der Waals surface area (Å²) in [5.74, 6) is 0.116. The standard InChI is InChI=1S/C16H23ClN2O/c1-5-19(10-13(2)3)16(20)12-18(4)11-14-8-6-7-9-15(14)17/h6-9H,2,5,10-12H2,1,3-4H3. The van der Waals surface area contributed by atoms with E-state index in [4.69, 9.17) is 11.6 Å². The third kappa shape index (κ3) is 5.35. The molecule has 0 fully saturated rings. The Balaban J connectivity index is 2.57. The van der Waals surface area contributed by atoms with E-state index in [0.29, 0.717) is 26.2 Å². The Morgan fingerprint density at radius 2 is 1.95 bits per heavy atom. The molecule has 1 amide bonds. The molecule has 0 aliphatic heterocycles. The SMILES string of the molecule is C=C(C)CN(CC)C(=O)CN(C)Cc1ccccc1Cl. The molecule has 0 atom stereocenters. The van der Waals surface area contributed by atoms with Gasteiger partial charge in [0.25, 0.3) is 0 Å². The molecular weight excluding hydrogens is 272 g/mol. The van der Waals surface area contributed by atoms with E-state index in [1.807, 2.05) is 55.0 Å². The van der Waals surface area contributed by atoms with Gasteiger partial charge in [0.2, 0.25) is 5.91 Å². The summed E-state index contributed by atoms with van der Waals surface area (Å²) in [7, 11) is 1.93. The summed E-state index contributed by atoms with van der Waals surface area (Å²) >= 11 is 6.13. The Bertz CT molecular complexity index is 473. The number of likely N-dealkylation sites (N-methyl/N-ethyl adjacent to an activating group) is 2. The molecule has 0 N–H and O–H groups in total. The first-order valence-electron chi connectivity index (χ1n) is 6.78. The maximum Gasteiger partial charge on any atom is 0.237 e. The monoisotopic (exact) mass is 294 g/mol. The van der Waals surface area contributed by atoms with E-state index in [9.17, 15) is 4.79 Å². The first kappa shape index (κ1) is 16.7. The van der Waals surface area contributed by atoms with Crippen molar-refractivity contribution < 1.29 is 4.79 Å². The summed E-state index contributed by atoms with van der Waals surface area (Å²) in [5.41, 5.74) is 2.03. The van der Waals surface area contributed by atoms with Gasteiger partial charge in [-0.1, -0.05) is 42.0 Å². The lowest BCUT2D eigenvalue weighted by molar-refractivity contribution is -0.131. The van der Waals surface area contributed by atoms with Crippen molar-refractivity contribution in [1.82, 2.24) is 9.80 Å². The van der Waals surface area contributed by atoms with Crippen LogP contribution in [0.5, 0.6) is 0 Å². The Morgan fingerprint density at radius 3 is 2.50 bits per heavy atom. The number of hydrogen-bond acceptors (Lipinski definition) is 2. The van der Waals surface area contributed by atoms with Gasteiger partial charge in [0.1, 0.15) is 0 Å². The predicted molar refractivity (Wildman–Crippen MR) is 84.9 cm³/mol. The zero-order chi connectivity index (χ0) is 15.1. The first-order valence-corrected chi connectivity index (χ1v) is 7.16. The maximum atomic E-state index is 12.2. The average Bonchev–Trinajstić information content (AvgIpc) is 2.38. The molecule has 0 bridgehead atoms. The summed E-state index contributed by atoms with van der Waals surface area (Å²) in [4.78, 5) is 16.0. The minimum Gasteiger partial charge on any atom is -0.338 e. The first-order chi connectivity index (χ1) is 9.43. The van der Waals surface area contributed by atoms with Gasteiger partial charge in [-0.15, -0.1) is 0 Å². The van der Waals surface area contributed by atoms with Crippen molar-refractivity contribution in [3.8, 4) is 0 Å². The molecule has 0 aliphatic carbocycles. The van der Waals surface area contributed by atoms with Gasteiger partial charge < -0.3 is 4.90 Å². The summed E-state index contributed by atoms with van der Waals surface area (Å²) in [6.45, 7) is 10.1. The smallest absolute Gasteiger partial charge is 0.237 e. The lowest BCUT2D eigenvalue weighted by Gasteiger charge is -2.24. The summed E-state index contributed by atoms with van der Waals surface area (Å²) in [5, 5.41) is 0.737. The Morgan fingerprint density at radius 1 is 1.30 bits per heavy atom. The predicted octanol–water partition coefficient (Wildman–Crippen LogP) is 3.20. The second kappa shape index (κ2) is 8.08. The molecule has 0 saturated heterocycles. The van der Waals surface area contributed by atoms with Gasteiger partial charge in [-0.3, -0.25) is 9.69 Å². The van der Waals surface area contributed by atoms with Gasteiger partial charge in [-0.2, -0.15) is 0 Å². The molecule has 0 aromatic heterocycles. The number of hydrogen-bond donors (Lipinski definition) is 0. The van der Waals surface area contributed by atoms with Crippen molar-refractivity contribution in [3.05, 3.63) is 47.0 Å². The zero-order valence-corrected chi connectivity index (χ0v) is 13.3. The quantitative estimate of drug-likeness (QED) is 0.721. The molecule has 3 nitrogen and oxygen atoms in total. The second-order valence-electron chi connectivity index (χ2n) is 5.13. The molecule has 110 valence electrons. The van der Waals surface area contributed by atoms with E-state index in [1.165, 1.54) is 0 Å². The highest BCUT2D eigenvalue weighted by Gasteiger charge is 2.14. The van der Waals surface area contributed by atoms with Gasteiger partial charge in [-0.25, -0.2) is 0 Å². The van der Waals surface area contributed by atoms with Crippen molar-refractivity contribution in [2.45, 2.75) is 20.4 Å². The second-order valence-corrected chi connectivity index (χ2v) is 5.54. The molecule has 20 heavy (non-hydrogen) atoms. The number of rotatable bonds is 7. The van der Waals surface area contributed by atoms with E-state index in [1.54, 1.807) is 0 Å². The molecule has 1 aromatic rings. The minimum atomic E-state index is 0.116. The van der Waals surface area contributed by atoms with Crippen molar-refractivity contribution in [2.75, 3.05) is 26.7 Å². The van der Waals surface area contributed by atoms with Crippen LogP contribution in [0.15, 0.2) is 36.4 Å². The highest BCUT2D eigenvalue weighted by molar-refractivity contribution is 6.31. The summed E-state index contributed by atoms with van der Waals surface area (Å²) in [6, 6.07) is 7.71. The molecule has 0 heterocycles. The number of amides is 1. The number of nitrogens with zero attached hydrogens (tertiary/aromatic N) is 2. The van der Waals surface area contributed by atoms with Crippen LogP contribution in [0.4, 0.5) is 0 Å². The van der Waals surface area contributed by atoms with Crippen LogP contribution in [0.2, 0.25) is 5.02 Å². The van der Waals surface area contributed by atoms with Crippen molar-refractivity contribution in [2.24, 2.45) is 0 Å². The van der Waals surface area contributed by atoms with Gasteiger partial charge in [0.15, 0.2) is 0 Å². The van der Waals surface area contributed by atoms with Crippen molar-refractivity contribution >= 4 is 17.5 Å². The van der Waals surface area contributed by atoms with Crippen LogP contribution in [0.1, 0.15) is 19.4 Å². The van der Waals surface area contributed by atoms with Gasteiger partial charge in [0.05, 0.1) is 6.54 Å². The van der Waals surface area contributed by atoms with Crippen LogP contribution in [-0.2, 0) is 11.3 Å². The van der Waals surface area contributed by atoms with E-state index in [0.717, 1.165) is 16.2 Å². The molecule has 0 aliphatic rings. The fourth-order valence-corrected chi connectivity index (χ4v) is 2.20. The number of benzene rings is 1. The molecule has 0 spiro atoms. The van der Waals surface area contributed by atoms with Crippen LogP contribution >= 0.6 is 11.6 Å². The van der Waals surface area contributed by atoms with Gasteiger partial charge in [0, 0.05) is 24.7 Å². The number of halogens is 1. The van der Waals surface area contributed by atoms with Crippen LogP contribution in [0.25, 0.3) is 0 Å². The topological polar surface area (TPSA) is 23.6 Å². The Hall–Kier alpha value is -1.32. The lowest BCUT2D eigenvalue weighted by atomic mass is 10.2. The zero-order valence-electron chi connectivity index (χ0n) is 12.5. The van der Waals surface area contributed by atoms with E-state index < -0.39 is 0 Å². The van der Waals surface area contributed by atoms with Crippen LogP contribution in [0.3, 0.4) is 0 Å². The van der Waals surface area contributed by atoms with Crippen LogP contribution < -0.4 is 0 Å². The largest absolute Gasteiger partial charge is 0.338 e. The molecular formula is C16H23ClN2O. The minimum absolute atomic E-state index is 0.116. The van der Waals surface area contributed by atoms with Crippen molar-refractivity contribution in [1.29, 1.82) is 0 Å². The summed E-state index contributed by atoms with van der Waals surface area (Å²) in [6.07, 6.45) is 0. The highest BCUT2D eigenvalue weighted by Crippen LogP contribution is 2.16. The Kier molecular flexibility index (Phi) is 6.76. The van der Waals surface area contributed by atoms with E-state index in [-0.39, 0.29) is 5.91 Å². The van der Waals surface area contributed by atoms with Crippen molar-refractivity contribution in [3.63, 3.8) is 0 Å². The number of carbonyl (C=O) groups is 1. The molecule has 0 radical (unpaired) electrons. The fourth-order valence-electron chi connectivity index (χ4n) is 2.01. The lowest BCUT2D eigenvalue weighted by Crippen LogP contribution is -2.39. The van der Waals surface area contributed by atoms with Gasteiger partial charge in [-0.05, 0) is 32.5 Å². The fraction of sp³-hybridized carbons (Fsp3) is 0.438. The third-order valence-corrected chi connectivity index (χ3v) is 3.37. The molecule has 0 saturated carbocycles. The molecule has 1 aromatic carbocycles. The van der Waals surface area contributed by atoms with E-state index >= 15 is 0 Å². The average molecular weight is 295 g/mol.